The van der Waals surface area contributed by atoms with Crippen molar-refractivity contribution in [2.75, 3.05) is 19.7 Å². The van der Waals surface area contributed by atoms with Crippen molar-refractivity contribution in [3.63, 3.8) is 0 Å². The van der Waals surface area contributed by atoms with Crippen molar-refractivity contribution in [2.45, 2.75) is 56.5 Å². The van der Waals surface area contributed by atoms with Crippen molar-refractivity contribution in [1.29, 1.82) is 0 Å². The first kappa shape index (κ1) is 24.2. The van der Waals surface area contributed by atoms with E-state index in [0.29, 0.717) is 13.0 Å². The SMILES string of the molecule is O=C(OCc1ccccc1)N1CCC[C@H]1[C@H]1CC[C@H]([C@@H](CO)[C@H](C[N+](=O)[O-])c2ccccc2)O1. The number of likely N-dealkylation sites (tertiary alicyclic amines) is 1. The number of nitrogens with zero attached hydrogens (tertiary/aromatic N) is 2. The molecule has 0 unspecified atom stereocenters. The molecule has 2 aromatic carbocycles. The lowest BCUT2D eigenvalue weighted by atomic mass is 9.82. The fraction of sp³-hybridized carbons (Fsp3) is 0.500. The van der Waals surface area contributed by atoms with Gasteiger partial charge in [0, 0.05) is 24.0 Å². The molecule has 1 amide bonds. The molecule has 1 N–H and O–H groups in total. The van der Waals surface area contributed by atoms with Crippen LogP contribution < -0.4 is 0 Å². The van der Waals surface area contributed by atoms with Crippen molar-refractivity contribution in [3.8, 4) is 0 Å². The molecule has 2 fully saturated rings. The van der Waals surface area contributed by atoms with Crippen LogP contribution in [0.5, 0.6) is 0 Å². The molecule has 2 heterocycles. The molecule has 0 saturated carbocycles. The second kappa shape index (κ2) is 11.4. The summed E-state index contributed by atoms with van der Waals surface area (Å²) in [4.78, 5) is 25.6. The van der Waals surface area contributed by atoms with E-state index >= 15 is 0 Å². The van der Waals surface area contributed by atoms with Crippen LogP contribution in [0.15, 0.2) is 60.7 Å². The van der Waals surface area contributed by atoms with Gasteiger partial charge >= 0.3 is 6.09 Å². The molecule has 182 valence electrons. The summed E-state index contributed by atoms with van der Waals surface area (Å²) in [5.41, 5.74) is 1.77. The Hall–Kier alpha value is -2.97. The van der Waals surface area contributed by atoms with Gasteiger partial charge in [-0.05, 0) is 36.8 Å². The maximum Gasteiger partial charge on any atom is 0.410 e. The summed E-state index contributed by atoms with van der Waals surface area (Å²) in [7, 11) is 0. The number of hydrogen-bond donors (Lipinski definition) is 1. The molecule has 8 heteroatoms. The number of hydrogen-bond acceptors (Lipinski definition) is 6. The minimum absolute atomic E-state index is 0.0849. The Balaban J connectivity index is 1.40. The van der Waals surface area contributed by atoms with Crippen LogP contribution >= 0.6 is 0 Å². The maximum absolute atomic E-state index is 12.8. The monoisotopic (exact) mass is 468 g/mol. The lowest BCUT2D eigenvalue weighted by Gasteiger charge is -2.31. The number of aliphatic hydroxyl groups is 1. The molecule has 0 aliphatic carbocycles. The van der Waals surface area contributed by atoms with Crippen LogP contribution in [0, 0.1) is 16.0 Å². The quantitative estimate of drug-likeness (QED) is 0.441. The third-order valence-corrected chi connectivity index (χ3v) is 7.03. The van der Waals surface area contributed by atoms with Gasteiger partial charge in [0.1, 0.15) is 6.61 Å². The number of carbonyl (C=O) groups excluding carboxylic acids is 1. The van der Waals surface area contributed by atoms with Crippen molar-refractivity contribution in [2.24, 2.45) is 5.92 Å². The van der Waals surface area contributed by atoms with Gasteiger partial charge in [-0.1, -0.05) is 60.7 Å². The third-order valence-electron chi connectivity index (χ3n) is 7.03. The molecule has 34 heavy (non-hydrogen) atoms. The van der Waals surface area contributed by atoms with E-state index in [1.807, 2.05) is 60.7 Å². The molecule has 2 saturated heterocycles. The van der Waals surface area contributed by atoms with Gasteiger partial charge in [0.25, 0.3) is 0 Å². The van der Waals surface area contributed by atoms with Crippen molar-refractivity contribution >= 4 is 6.09 Å². The molecular formula is C26H32N2O6. The normalized spacial score (nSPS) is 24.0. The van der Waals surface area contributed by atoms with E-state index in [1.54, 1.807) is 4.90 Å². The summed E-state index contributed by atoms with van der Waals surface area (Å²) in [6, 6.07) is 18.8. The molecule has 0 bridgehead atoms. The smallest absolute Gasteiger partial charge is 0.410 e. The van der Waals surface area contributed by atoms with Gasteiger partial charge in [-0.3, -0.25) is 10.1 Å². The van der Waals surface area contributed by atoms with Crippen LogP contribution in [-0.2, 0) is 16.1 Å². The third kappa shape index (κ3) is 5.74. The fourth-order valence-corrected chi connectivity index (χ4v) is 5.35. The number of ether oxygens (including phenoxy) is 2. The lowest BCUT2D eigenvalue weighted by Crippen LogP contribution is -2.43. The highest BCUT2D eigenvalue weighted by Crippen LogP contribution is 2.38. The Bertz CT molecular complexity index is 941. The first-order valence-electron chi connectivity index (χ1n) is 12.0. The number of carbonyl (C=O) groups is 1. The molecule has 0 radical (unpaired) electrons. The zero-order chi connectivity index (χ0) is 23.9. The van der Waals surface area contributed by atoms with E-state index in [-0.39, 0.29) is 49.0 Å². The first-order valence-corrected chi connectivity index (χ1v) is 12.0. The summed E-state index contributed by atoms with van der Waals surface area (Å²) < 4.78 is 11.9. The van der Waals surface area contributed by atoms with Crippen LogP contribution in [0.3, 0.4) is 0 Å². The molecule has 2 aliphatic heterocycles. The molecular weight excluding hydrogens is 436 g/mol. The van der Waals surface area contributed by atoms with Gasteiger partial charge in [0.15, 0.2) is 0 Å². The highest BCUT2D eigenvalue weighted by atomic mass is 16.6. The Morgan fingerprint density at radius 1 is 1.12 bits per heavy atom. The average molecular weight is 469 g/mol. The van der Waals surface area contributed by atoms with E-state index < -0.39 is 11.8 Å². The van der Waals surface area contributed by atoms with Gasteiger partial charge in [-0.15, -0.1) is 0 Å². The molecule has 4 rings (SSSR count). The summed E-state index contributed by atoms with van der Waals surface area (Å²) in [6.45, 7) is 0.392. The van der Waals surface area contributed by atoms with Gasteiger partial charge in [-0.25, -0.2) is 4.79 Å². The van der Waals surface area contributed by atoms with Gasteiger partial charge in [-0.2, -0.15) is 0 Å². The molecule has 0 aromatic heterocycles. The zero-order valence-electron chi connectivity index (χ0n) is 19.2. The van der Waals surface area contributed by atoms with Crippen LogP contribution in [0.25, 0.3) is 0 Å². The fourth-order valence-electron chi connectivity index (χ4n) is 5.35. The van der Waals surface area contributed by atoms with Crippen molar-refractivity contribution in [1.82, 2.24) is 4.90 Å². The number of aliphatic hydroxyl groups excluding tert-OH is 1. The molecule has 2 aliphatic rings. The van der Waals surface area contributed by atoms with Crippen LogP contribution in [0.1, 0.15) is 42.7 Å². The second-order valence-electron chi connectivity index (χ2n) is 9.11. The van der Waals surface area contributed by atoms with Gasteiger partial charge < -0.3 is 19.5 Å². The number of nitro groups is 1. The van der Waals surface area contributed by atoms with E-state index in [4.69, 9.17) is 9.47 Å². The summed E-state index contributed by atoms with van der Waals surface area (Å²) >= 11 is 0. The van der Waals surface area contributed by atoms with E-state index in [0.717, 1.165) is 30.4 Å². The van der Waals surface area contributed by atoms with Crippen LogP contribution in [-0.4, -0.2) is 59.0 Å². The highest BCUT2D eigenvalue weighted by Gasteiger charge is 2.44. The standard InChI is InChI=1S/C26H32N2O6/c29-17-22(21(16-28(31)32)20-10-5-2-6-11-20)24-13-14-25(34-24)23-12-7-15-27(23)26(30)33-18-19-8-3-1-4-9-19/h1-6,8-11,21-25,29H,7,12-18H2/t21-,22+,23+,24-,25-/m1/s1. The Morgan fingerprint density at radius 3 is 2.50 bits per heavy atom. The number of benzene rings is 2. The zero-order valence-corrected chi connectivity index (χ0v) is 19.2. The maximum atomic E-state index is 12.8. The van der Waals surface area contributed by atoms with E-state index in [2.05, 4.69) is 0 Å². The number of amides is 1. The minimum atomic E-state index is -0.444. The molecule has 5 atom stereocenters. The second-order valence-corrected chi connectivity index (χ2v) is 9.11. The minimum Gasteiger partial charge on any atom is -0.445 e. The Labute approximate surface area is 199 Å². The topological polar surface area (TPSA) is 102 Å². The lowest BCUT2D eigenvalue weighted by molar-refractivity contribution is -0.485. The highest BCUT2D eigenvalue weighted by molar-refractivity contribution is 5.68. The van der Waals surface area contributed by atoms with Gasteiger partial charge in [0.05, 0.1) is 24.2 Å². The molecule has 8 nitrogen and oxygen atoms in total. The summed E-state index contributed by atoms with van der Waals surface area (Å²) in [6.07, 6.45) is 2.34. The summed E-state index contributed by atoms with van der Waals surface area (Å²) in [5.74, 6) is -0.835. The van der Waals surface area contributed by atoms with Crippen LogP contribution in [0.4, 0.5) is 4.79 Å². The predicted molar refractivity (Wildman–Crippen MR) is 126 cm³/mol. The van der Waals surface area contributed by atoms with Crippen molar-refractivity contribution in [3.05, 3.63) is 81.9 Å². The van der Waals surface area contributed by atoms with Crippen LogP contribution in [0.2, 0.25) is 0 Å². The first-order chi connectivity index (χ1) is 16.6. The molecule has 2 aromatic rings. The largest absolute Gasteiger partial charge is 0.445 e. The van der Waals surface area contributed by atoms with E-state index in [1.165, 1.54) is 0 Å². The van der Waals surface area contributed by atoms with Crippen molar-refractivity contribution < 1.29 is 24.3 Å². The number of rotatable bonds is 9. The Morgan fingerprint density at radius 2 is 1.82 bits per heavy atom. The average Bonchev–Trinajstić information content (AvgIpc) is 3.53. The van der Waals surface area contributed by atoms with E-state index in [9.17, 15) is 20.0 Å². The molecule has 0 spiro atoms. The van der Waals surface area contributed by atoms with Gasteiger partial charge in [0.2, 0.25) is 6.54 Å². The Kier molecular flexibility index (Phi) is 8.13. The predicted octanol–water partition coefficient (Wildman–Crippen LogP) is 4.00. The summed E-state index contributed by atoms with van der Waals surface area (Å²) in [5, 5.41) is 21.6.